The predicted molar refractivity (Wildman–Crippen MR) is 85.6 cm³/mol. The number of rotatable bonds is 5. The zero-order valence-electron chi connectivity index (χ0n) is 12.2. The van der Waals surface area contributed by atoms with Gasteiger partial charge in [0.1, 0.15) is 5.92 Å². The number of carbonyl (C=O) groups is 1. The first-order chi connectivity index (χ1) is 10.7. The molecule has 3 nitrogen and oxygen atoms in total. The van der Waals surface area contributed by atoms with Gasteiger partial charge in [0, 0.05) is 5.02 Å². The van der Waals surface area contributed by atoms with Gasteiger partial charge in [-0.05, 0) is 30.2 Å². The Bertz CT molecular complexity index is 662. The lowest BCUT2D eigenvalue weighted by Gasteiger charge is -2.21. The van der Waals surface area contributed by atoms with E-state index in [9.17, 15) is 10.1 Å². The number of hydrogen-bond donors (Lipinski definition) is 0. The number of esters is 1. The molecule has 2 unspecified atom stereocenters. The molecule has 22 heavy (non-hydrogen) atoms. The largest absolute Gasteiger partial charge is 0.465 e. The first kappa shape index (κ1) is 16.1. The molecule has 2 aromatic carbocycles. The van der Waals surface area contributed by atoms with Crippen LogP contribution >= 0.6 is 11.6 Å². The van der Waals surface area contributed by atoms with Gasteiger partial charge in [-0.3, -0.25) is 4.79 Å². The first-order valence-corrected chi connectivity index (χ1v) is 7.41. The summed E-state index contributed by atoms with van der Waals surface area (Å²) in [5, 5.41) is 10.2. The smallest absolute Gasteiger partial charge is 0.315 e. The molecule has 0 heterocycles. The number of nitriles is 1. The average Bonchev–Trinajstić information content (AvgIpc) is 2.54. The molecule has 0 spiro atoms. The Hall–Kier alpha value is -2.31. The minimum absolute atomic E-state index is 0.274. The van der Waals surface area contributed by atoms with Gasteiger partial charge in [0.05, 0.1) is 18.6 Å². The number of hydrogen-bond acceptors (Lipinski definition) is 3. The molecule has 0 saturated heterocycles. The highest BCUT2D eigenvalue weighted by molar-refractivity contribution is 6.30. The molecule has 2 aromatic rings. The predicted octanol–water partition coefficient (Wildman–Crippen LogP) is 4.29. The van der Waals surface area contributed by atoms with E-state index in [1.165, 1.54) is 0 Å². The molecular formula is C18H16ClNO2. The van der Waals surface area contributed by atoms with Gasteiger partial charge in [0.15, 0.2) is 0 Å². The topological polar surface area (TPSA) is 50.1 Å². The summed E-state index contributed by atoms with van der Waals surface area (Å²) < 4.78 is 5.17. The van der Waals surface area contributed by atoms with E-state index < -0.39 is 17.8 Å². The van der Waals surface area contributed by atoms with Gasteiger partial charge in [0.25, 0.3) is 0 Å². The first-order valence-electron chi connectivity index (χ1n) is 7.04. The molecule has 0 N–H and O–H groups in total. The maximum atomic E-state index is 12.4. The zero-order chi connectivity index (χ0) is 15.9. The van der Waals surface area contributed by atoms with E-state index in [0.29, 0.717) is 5.02 Å². The highest BCUT2D eigenvalue weighted by Crippen LogP contribution is 2.34. The average molecular weight is 314 g/mol. The number of carbonyl (C=O) groups excluding carboxylic acids is 1. The van der Waals surface area contributed by atoms with Crippen molar-refractivity contribution in [2.24, 2.45) is 0 Å². The van der Waals surface area contributed by atoms with Crippen LogP contribution in [0.4, 0.5) is 0 Å². The summed E-state index contributed by atoms with van der Waals surface area (Å²) in [4.78, 5) is 12.4. The summed E-state index contributed by atoms with van der Waals surface area (Å²) in [7, 11) is 0. The third kappa shape index (κ3) is 3.66. The Morgan fingerprint density at radius 2 is 1.77 bits per heavy atom. The lowest BCUT2D eigenvalue weighted by atomic mass is 9.82. The summed E-state index contributed by atoms with van der Waals surface area (Å²) in [6.07, 6.45) is 0. The lowest BCUT2D eigenvalue weighted by Crippen LogP contribution is -2.22. The maximum Gasteiger partial charge on any atom is 0.315 e. The number of benzene rings is 2. The molecular weight excluding hydrogens is 298 g/mol. The van der Waals surface area contributed by atoms with E-state index in [1.807, 2.05) is 30.3 Å². The molecule has 0 aliphatic heterocycles. The highest BCUT2D eigenvalue weighted by atomic mass is 35.5. The van der Waals surface area contributed by atoms with Crippen LogP contribution in [0.2, 0.25) is 5.02 Å². The molecule has 0 radical (unpaired) electrons. The van der Waals surface area contributed by atoms with Gasteiger partial charge in [-0.25, -0.2) is 0 Å². The molecule has 112 valence electrons. The molecule has 0 aromatic heterocycles. The van der Waals surface area contributed by atoms with E-state index in [4.69, 9.17) is 16.3 Å². The quantitative estimate of drug-likeness (QED) is 0.773. The standard InChI is InChI=1S/C18H16ClNO2/c1-2-22-18(21)17(14-8-10-15(19)11-9-14)16(12-20)13-6-4-3-5-7-13/h3-11,16-17H,2H2,1H3. The molecule has 0 amide bonds. The number of ether oxygens (including phenoxy) is 1. The van der Waals surface area contributed by atoms with Crippen molar-refractivity contribution in [3.63, 3.8) is 0 Å². The van der Waals surface area contributed by atoms with E-state index in [1.54, 1.807) is 31.2 Å². The van der Waals surface area contributed by atoms with Gasteiger partial charge >= 0.3 is 5.97 Å². The Morgan fingerprint density at radius 1 is 1.14 bits per heavy atom. The van der Waals surface area contributed by atoms with Crippen molar-refractivity contribution in [1.29, 1.82) is 5.26 Å². The van der Waals surface area contributed by atoms with E-state index >= 15 is 0 Å². The summed E-state index contributed by atoms with van der Waals surface area (Å²) in [6.45, 7) is 2.02. The van der Waals surface area contributed by atoms with E-state index in [2.05, 4.69) is 6.07 Å². The summed E-state index contributed by atoms with van der Waals surface area (Å²) in [5.74, 6) is -1.69. The van der Waals surface area contributed by atoms with Crippen LogP contribution in [0.3, 0.4) is 0 Å². The van der Waals surface area contributed by atoms with Gasteiger partial charge in [-0.15, -0.1) is 0 Å². The second-order valence-corrected chi connectivity index (χ2v) is 5.24. The van der Waals surface area contributed by atoms with Crippen molar-refractivity contribution in [2.75, 3.05) is 6.61 Å². The Kier molecular flexibility index (Phi) is 5.57. The minimum Gasteiger partial charge on any atom is -0.465 e. The Balaban J connectivity index is 2.45. The second kappa shape index (κ2) is 7.63. The lowest BCUT2D eigenvalue weighted by molar-refractivity contribution is -0.145. The third-order valence-corrected chi connectivity index (χ3v) is 3.65. The van der Waals surface area contributed by atoms with Crippen molar-refractivity contribution in [3.8, 4) is 6.07 Å². The van der Waals surface area contributed by atoms with Crippen molar-refractivity contribution in [3.05, 3.63) is 70.7 Å². The van der Waals surface area contributed by atoms with Crippen molar-refractivity contribution < 1.29 is 9.53 Å². The van der Waals surface area contributed by atoms with Crippen LogP contribution < -0.4 is 0 Å². The fourth-order valence-corrected chi connectivity index (χ4v) is 2.49. The Morgan fingerprint density at radius 3 is 2.32 bits per heavy atom. The molecule has 2 rings (SSSR count). The van der Waals surface area contributed by atoms with Crippen molar-refractivity contribution in [1.82, 2.24) is 0 Å². The van der Waals surface area contributed by atoms with Crippen LogP contribution in [0.15, 0.2) is 54.6 Å². The summed E-state index contributed by atoms with van der Waals surface area (Å²) >= 11 is 5.91. The zero-order valence-corrected chi connectivity index (χ0v) is 13.0. The SMILES string of the molecule is CCOC(=O)C(c1ccc(Cl)cc1)C(C#N)c1ccccc1. The van der Waals surface area contributed by atoms with E-state index in [-0.39, 0.29) is 6.61 Å². The molecule has 0 fully saturated rings. The fraction of sp³-hybridized carbons (Fsp3) is 0.222. The molecule has 4 heteroatoms. The van der Waals surface area contributed by atoms with Crippen LogP contribution in [0.5, 0.6) is 0 Å². The third-order valence-electron chi connectivity index (χ3n) is 3.40. The van der Waals surface area contributed by atoms with Crippen molar-refractivity contribution >= 4 is 17.6 Å². The molecule has 2 atom stereocenters. The van der Waals surface area contributed by atoms with E-state index in [0.717, 1.165) is 11.1 Å². The number of nitrogens with zero attached hydrogens (tertiary/aromatic N) is 1. The van der Waals surface area contributed by atoms with Crippen LogP contribution in [-0.2, 0) is 9.53 Å². The van der Waals surface area contributed by atoms with Crippen LogP contribution in [0, 0.1) is 11.3 Å². The van der Waals surface area contributed by atoms with Gasteiger partial charge in [-0.1, -0.05) is 54.1 Å². The summed E-state index contributed by atoms with van der Waals surface area (Å²) in [5.41, 5.74) is 1.51. The van der Waals surface area contributed by atoms with Crippen molar-refractivity contribution in [2.45, 2.75) is 18.8 Å². The Labute approximate surface area is 135 Å². The van der Waals surface area contributed by atoms with Gasteiger partial charge in [0.2, 0.25) is 0 Å². The fourth-order valence-electron chi connectivity index (χ4n) is 2.37. The molecule has 0 aliphatic carbocycles. The molecule has 0 aliphatic rings. The monoisotopic (exact) mass is 313 g/mol. The normalized spacial score (nSPS) is 13.0. The van der Waals surface area contributed by atoms with Crippen LogP contribution in [0.25, 0.3) is 0 Å². The minimum atomic E-state index is -0.676. The maximum absolute atomic E-state index is 12.4. The van der Waals surface area contributed by atoms with Gasteiger partial charge in [-0.2, -0.15) is 5.26 Å². The molecule has 0 saturated carbocycles. The van der Waals surface area contributed by atoms with Crippen LogP contribution in [0.1, 0.15) is 29.9 Å². The number of halogens is 1. The molecule has 0 bridgehead atoms. The van der Waals surface area contributed by atoms with Crippen LogP contribution in [-0.4, -0.2) is 12.6 Å². The second-order valence-electron chi connectivity index (χ2n) is 4.80. The van der Waals surface area contributed by atoms with Gasteiger partial charge < -0.3 is 4.74 Å². The highest BCUT2D eigenvalue weighted by Gasteiger charge is 2.32. The summed E-state index contributed by atoms with van der Waals surface area (Å²) in [6, 6.07) is 18.4.